The van der Waals surface area contributed by atoms with Gasteiger partial charge in [0.25, 0.3) is 0 Å². The summed E-state index contributed by atoms with van der Waals surface area (Å²) >= 11 is 0. The fraction of sp³-hybridized carbons (Fsp3) is 0.273. The number of nitrogens with two attached hydrogens (primary N) is 1. The van der Waals surface area contributed by atoms with Crippen LogP contribution in [0.5, 0.6) is 0 Å². The van der Waals surface area contributed by atoms with E-state index in [0.29, 0.717) is 0 Å². The molecule has 19 heavy (non-hydrogen) atoms. The maximum Gasteiger partial charge on any atom is 0.317 e. The summed E-state index contributed by atoms with van der Waals surface area (Å²) < 4.78 is 27.7. The highest BCUT2D eigenvalue weighted by Crippen LogP contribution is 2.12. The van der Waals surface area contributed by atoms with Crippen LogP contribution in [-0.2, 0) is 24.0 Å². The number of carbonyl (C=O) groups is 2. The summed E-state index contributed by atoms with van der Waals surface area (Å²) in [5.41, 5.74) is 7.50. The molecule has 0 aromatic heterocycles. The number of primary amides is 1. The fourth-order valence-corrected chi connectivity index (χ4v) is 1.91. The van der Waals surface area contributed by atoms with Crippen LogP contribution >= 0.6 is 0 Å². The third kappa shape index (κ3) is 5.06. The van der Waals surface area contributed by atoms with Crippen molar-refractivity contribution in [2.45, 2.75) is 24.7 Å². The average molecular weight is 286 g/mol. The van der Waals surface area contributed by atoms with E-state index in [1.807, 2.05) is 6.92 Å². The zero-order chi connectivity index (χ0) is 14.5. The summed E-state index contributed by atoms with van der Waals surface area (Å²) in [6, 6.07) is 5.93. The Balaban J connectivity index is 2.58. The molecule has 0 atom stereocenters. The van der Waals surface area contributed by atoms with Crippen molar-refractivity contribution in [3.05, 3.63) is 29.8 Å². The predicted octanol–water partition coefficient (Wildman–Crippen LogP) is -0.00298. The van der Waals surface area contributed by atoms with E-state index in [-0.39, 0.29) is 17.7 Å². The number of rotatable bonds is 6. The Labute approximate surface area is 110 Å². The second kappa shape index (κ2) is 6.30. The van der Waals surface area contributed by atoms with Gasteiger partial charge in [0.15, 0.2) is 0 Å². The Morgan fingerprint density at radius 3 is 2.32 bits per heavy atom. The molecule has 1 aromatic rings. The van der Waals surface area contributed by atoms with Crippen molar-refractivity contribution >= 4 is 21.9 Å². The van der Waals surface area contributed by atoms with E-state index in [4.69, 9.17) is 5.73 Å². The summed E-state index contributed by atoms with van der Waals surface area (Å²) in [6.45, 7) is 1.81. The van der Waals surface area contributed by atoms with E-state index in [9.17, 15) is 18.0 Å². The molecule has 104 valence electrons. The summed E-state index contributed by atoms with van der Waals surface area (Å²) in [5.74, 6) is -1.40. The highest BCUT2D eigenvalue weighted by molar-refractivity contribution is 7.86. The minimum absolute atomic E-state index is 0.0756. The van der Waals surface area contributed by atoms with Crippen LogP contribution < -0.4 is 11.2 Å². The molecule has 0 unspecified atom stereocenters. The van der Waals surface area contributed by atoms with Crippen LogP contribution in [0.25, 0.3) is 0 Å². The van der Waals surface area contributed by atoms with Gasteiger partial charge in [-0.2, -0.15) is 8.42 Å². The molecule has 3 N–H and O–H groups in total. The minimum Gasteiger partial charge on any atom is -0.370 e. The Bertz CT molecular complexity index is 565. The zero-order valence-corrected chi connectivity index (χ0v) is 11.1. The SMILES string of the molecule is Cc1ccc(S(=O)(=O)ONC(=O)CCC(N)=O)cc1. The summed E-state index contributed by atoms with van der Waals surface area (Å²) in [4.78, 5) is 21.5. The zero-order valence-electron chi connectivity index (χ0n) is 10.3. The highest BCUT2D eigenvalue weighted by atomic mass is 32.2. The molecule has 0 heterocycles. The van der Waals surface area contributed by atoms with Gasteiger partial charge in [0, 0.05) is 12.8 Å². The first-order chi connectivity index (χ1) is 8.81. The first kappa shape index (κ1) is 15.1. The molecule has 2 amide bonds. The molecule has 7 nitrogen and oxygen atoms in total. The lowest BCUT2D eigenvalue weighted by molar-refractivity contribution is -0.129. The van der Waals surface area contributed by atoms with Crippen LogP contribution in [0.1, 0.15) is 18.4 Å². The molecule has 0 saturated carbocycles. The van der Waals surface area contributed by atoms with Gasteiger partial charge in [-0.05, 0) is 19.1 Å². The standard InChI is InChI=1S/C11H14N2O5S/c1-8-2-4-9(5-3-8)19(16,17)18-13-11(15)7-6-10(12)14/h2-5H,6-7H2,1H3,(H2,12,14)(H,13,15). The van der Waals surface area contributed by atoms with Crippen LogP contribution in [0.3, 0.4) is 0 Å². The van der Waals surface area contributed by atoms with Crippen molar-refractivity contribution in [2.75, 3.05) is 0 Å². The predicted molar refractivity (Wildman–Crippen MR) is 66.0 cm³/mol. The number of hydroxylamine groups is 1. The van der Waals surface area contributed by atoms with Gasteiger partial charge in [0.1, 0.15) is 0 Å². The Morgan fingerprint density at radius 2 is 1.79 bits per heavy atom. The minimum atomic E-state index is -4.06. The third-order valence-electron chi connectivity index (χ3n) is 2.17. The molecule has 0 fully saturated rings. The number of carbonyl (C=O) groups excluding carboxylic acids is 2. The molecule has 1 rings (SSSR count). The molecule has 8 heteroatoms. The van der Waals surface area contributed by atoms with E-state index in [0.717, 1.165) is 5.56 Å². The maximum atomic E-state index is 11.7. The largest absolute Gasteiger partial charge is 0.370 e. The molecule has 0 radical (unpaired) electrons. The lowest BCUT2D eigenvalue weighted by Crippen LogP contribution is -2.28. The number of amides is 2. The molecule has 1 aromatic carbocycles. The van der Waals surface area contributed by atoms with E-state index in [2.05, 4.69) is 4.28 Å². The van der Waals surface area contributed by atoms with Gasteiger partial charge in [0.05, 0.1) is 4.90 Å². The number of aryl methyl sites for hydroxylation is 1. The Kier molecular flexibility index (Phi) is 5.02. The molecule has 0 aliphatic rings. The van der Waals surface area contributed by atoms with Gasteiger partial charge in [-0.15, -0.1) is 4.28 Å². The molecule has 0 spiro atoms. The van der Waals surface area contributed by atoms with Gasteiger partial charge in [0.2, 0.25) is 11.8 Å². The first-order valence-corrected chi connectivity index (χ1v) is 6.79. The van der Waals surface area contributed by atoms with Crippen LogP contribution in [0.4, 0.5) is 0 Å². The van der Waals surface area contributed by atoms with E-state index in [1.54, 1.807) is 17.6 Å². The summed E-state index contributed by atoms with van der Waals surface area (Å²) in [7, 11) is -4.06. The second-order valence-corrected chi connectivity index (χ2v) is 5.39. The smallest absolute Gasteiger partial charge is 0.317 e. The molecule has 0 aliphatic heterocycles. The Morgan fingerprint density at radius 1 is 1.21 bits per heavy atom. The van der Waals surface area contributed by atoms with Gasteiger partial charge in [-0.25, -0.2) is 5.48 Å². The van der Waals surface area contributed by atoms with Gasteiger partial charge < -0.3 is 5.73 Å². The monoisotopic (exact) mass is 286 g/mol. The van der Waals surface area contributed by atoms with Crippen molar-refractivity contribution < 1.29 is 22.3 Å². The van der Waals surface area contributed by atoms with Crippen molar-refractivity contribution in [3.8, 4) is 0 Å². The summed E-state index contributed by atoms with van der Waals surface area (Å²) in [5, 5.41) is 0. The topological polar surface area (TPSA) is 116 Å². The highest BCUT2D eigenvalue weighted by Gasteiger charge is 2.17. The molecular formula is C11H14N2O5S. The van der Waals surface area contributed by atoms with Gasteiger partial charge in [-0.3, -0.25) is 9.59 Å². The van der Waals surface area contributed by atoms with Gasteiger partial charge >= 0.3 is 10.1 Å². The molecular weight excluding hydrogens is 272 g/mol. The number of hydrogen-bond acceptors (Lipinski definition) is 5. The average Bonchev–Trinajstić information content (AvgIpc) is 2.34. The van der Waals surface area contributed by atoms with Crippen molar-refractivity contribution in [1.82, 2.24) is 5.48 Å². The number of benzene rings is 1. The normalized spacial score (nSPS) is 11.0. The Hall–Kier alpha value is -1.93. The van der Waals surface area contributed by atoms with Crippen LogP contribution in [0, 0.1) is 6.92 Å². The lowest BCUT2D eigenvalue weighted by atomic mass is 10.2. The number of nitrogens with one attached hydrogen (secondary N) is 1. The lowest BCUT2D eigenvalue weighted by Gasteiger charge is -2.06. The van der Waals surface area contributed by atoms with Gasteiger partial charge in [-0.1, -0.05) is 17.7 Å². The van der Waals surface area contributed by atoms with Crippen LogP contribution in [0.2, 0.25) is 0 Å². The quantitative estimate of drug-likeness (QED) is 0.714. The molecule has 0 aliphatic carbocycles. The number of hydrogen-bond donors (Lipinski definition) is 2. The second-order valence-electron chi connectivity index (χ2n) is 3.84. The fourth-order valence-electron chi connectivity index (χ4n) is 1.14. The molecule has 0 bridgehead atoms. The van der Waals surface area contributed by atoms with E-state index < -0.39 is 21.9 Å². The van der Waals surface area contributed by atoms with E-state index >= 15 is 0 Å². The van der Waals surface area contributed by atoms with Crippen molar-refractivity contribution in [3.63, 3.8) is 0 Å². The van der Waals surface area contributed by atoms with Crippen molar-refractivity contribution in [1.29, 1.82) is 0 Å². The molecule has 0 saturated heterocycles. The van der Waals surface area contributed by atoms with E-state index in [1.165, 1.54) is 12.1 Å². The first-order valence-electron chi connectivity index (χ1n) is 5.38. The van der Waals surface area contributed by atoms with Crippen LogP contribution in [-0.4, -0.2) is 20.2 Å². The van der Waals surface area contributed by atoms with Crippen molar-refractivity contribution in [2.24, 2.45) is 5.73 Å². The third-order valence-corrected chi connectivity index (χ3v) is 3.33. The maximum absolute atomic E-state index is 11.7. The van der Waals surface area contributed by atoms with Crippen LogP contribution in [0.15, 0.2) is 29.2 Å². The summed E-state index contributed by atoms with van der Waals surface area (Å²) in [6.07, 6.45) is -0.418.